The molecule has 4 N–H and O–H groups in total. The molecule has 3 aromatic rings. The van der Waals surface area contributed by atoms with Crippen molar-refractivity contribution in [1.29, 1.82) is 0 Å². The summed E-state index contributed by atoms with van der Waals surface area (Å²) in [7, 11) is 0. The predicted octanol–water partition coefficient (Wildman–Crippen LogP) is 2.72. The van der Waals surface area contributed by atoms with Crippen LogP contribution in [-0.4, -0.2) is 20.6 Å². The molecule has 28 heavy (non-hydrogen) atoms. The van der Waals surface area contributed by atoms with Crippen molar-refractivity contribution in [3.8, 4) is 5.69 Å². The molecular formula is C20H18N6O2. The molecule has 0 atom stereocenters. The van der Waals surface area contributed by atoms with Crippen molar-refractivity contribution in [3.63, 3.8) is 0 Å². The summed E-state index contributed by atoms with van der Waals surface area (Å²) in [5.41, 5.74) is 8.23. The van der Waals surface area contributed by atoms with Crippen LogP contribution in [0.5, 0.6) is 0 Å². The van der Waals surface area contributed by atoms with Crippen LogP contribution in [0, 0.1) is 0 Å². The van der Waals surface area contributed by atoms with Gasteiger partial charge in [0.05, 0.1) is 0 Å². The Hall–Kier alpha value is -3.94. The minimum atomic E-state index is -0.306. The van der Waals surface area contributed by atoms with Crippen LogP contribution < -0.4 is 21.8 Å². The SMILES string of the molecule is Nc1ncnc2c1c(=O)ccn2-c1ccc(NC(=O)NC2=CCCC=C2)cc1. The van der Waals surface area contributed by atoms with Gasteiger partial charge in [-0.15, -0.1) is 0 Å². The molecule has 0 aliphatic heterocycles. The average Bonchev–Trinajstić information content (AvgIpc) is 2.70. The number of nitrogens with two attached hydrogens (primary N) is 1. The van der Waals surface area contributed by atoms with Gasteiger partial charge in [0, 0.05) is 29.3 Å². The first-order chi connectivity index (χ1) is 13.6. The molecule has 0 saturated heterocycles. The van der Waals surface area contributed by atoms with E-state index in [4.69, 9.17) is 5.73 Å². The van der Waals surface area contributed by atoms with Crippen LogP contribution in [0.4, 0.5) is 16.3 Å². The summed E-state index contributed by atoms with van der Waals surface area (Å²) in [6.07, 6.45) is 10.8. The van der Waals surface area contributed by atoms with Gasteiger partial charge in [0.2, 0.25) is 0 Å². The molecule has 4 rings (SSSR count). The van der Waals surface area contributed by atoms with Crippen molar-refractivity contribution in [2.24, 2.45) is 0 Å². The fraction of sp³-hybridized carbons (Fsp3) is 0.100. The van der Waals surface area contributed by atoms with Gasteiger partial charge >= 0.3 is 6.03 Å². The number of hydrogen-bond acceptors (Lipinski definition) is 5. The lowest BCUT2D eigenvalue weighted by Gasteiger charge is -2.13. The van der Waals surface area contributed by atoms with E-state index in [1.54, 1.807) is 22.9 Å². The normalized spacial score (nSPS) is 13.2. The van der Waals surface area contributed by atoms with Gasteiger partial charge in [0.1, 0.15) is 17.5 Å². The molecule has 1 aliphatic carbocycles. The van der Waals surface area contributed by atoms with Crippen molar-refractivity contribution in [2.45, 2.75) is 12.8 Å². The second-order valence-electron chi connectivity index (χ2n) is 6.27. The Balaban J connectivity index is 1.56. The van der Waals surface area contributed by atoms with Gasteiger partial charge in [-0.25, -0.2) is 14.8 Å². The molecule has 1 aliphatic rings. The van der Waals surface area contributed by atoms with E-state index in [0.717, 1.165) is 24.2 Å². The second-order valence-corrected chi connectivity index (χ2v) is 6.27. The molecule has 0 unspecified atom stereocenters. The van der Waals surface area contributed by atoms with Crippen LogP contribution in [0.3, 0.4) is 0 Å². The van der Waals surface area contributed by atoms with Gasteiger partial charge < -0.3 is 20.9 Å². The number of amides is 2. The van der Waals surface area contributed by atoms with E-state index in [1.807, 2.05) is 30.4 Å². The first-order valence-corrected chi connectivity index (χ1v) is 8.79. The zero-order valence-corrected chi connectivity index (χ0v) is 14.9. The number of benzene rings is 1. The first kappa shape index (κ1) is 17.5. The summed E-state index contributed by atoms with van der Waals surface area (Å²) >= 11 is 0. The van der Waals surface area contributed by atoms with E-state index < -0.39 is 0 Å². The summed E-state index contributed by atoms with van der Waals surface area (Å²) in [4.78, 5) is 32.3. The molecule has 0 spiro atoms. The number of aromatic nitrogens is 3. The van der Waals surface area contributed by atoms with E-state index in [1.165, 1.54) is 12.4 Å². The number of anilines is 2. The average molecular weight is 374 g/mol. The Morgan fingerprint density at radius 1 is 1.07 bits per heavy atom. The molecule has 2 aromatic heterocycles. The van der Waals surface area contributed by atoms with E-state index >= 15 is 0 Å². The Morgan fingerprint density at radius 3 is 2.64 bits per heavy atom. The van der Waals surface area contributed by atoms with E-state index in [0.29, 0.717) is 11.3 Å². The largest absolute Gasteiger partial charge is 0.383 e. The Labute approximate surface area is 160 Å². The minimum Gasteiger partial charge on any atom is -0.383 e. The summed E-state index contributed by atoms with van der Waals surface area (Å²) in [6.45, 7) is 0. The third-order valence-electron chi connectivity index (χ3n) is 4.36. The van der Waals surface area contributed by atoms with Gasteiger partial charge in [0.15, 0.2) is 11.1 Å². The Kier molecular flexibility index (Phi) is 4.59. The summed E-state index contributed by atoms with van der Waals surface area (Å²) in [6, 6.07) is 8.30. The van der Waals surface area contributed by atoms with Gasteiger partial charge in [-0.2, -0.15) is 0 Å². The fourth-order valence-corrected chi connectivity index (χ4v) is 3.02. The minimum absolute atomic E-state index is 0.144. The fourth-order valence-electron chi connectivity index (χ4n) is 3.02. The van der Waals surface area contributed by atoms with Crippen LogP contribution in [0.25, 0.3) is 16.7 Å². The van der Waals surface area contributed by atoms with Crippen LogP contribution in [-0.2, 0) is 0 Å². The van der Waals surface area contributed by atoms with Crippen molar-refractivity contribution in [2.75, 3.05) is 11.1 Å². The topological polar surface area (TPSA) is 115 Å². The maximum atomic E-state index is 12.1. The Morgan fingerprint density at radius 2 is 1.89 bits per heavy atom. The summed E-state index contributed by atoms with van der Waals surface area (Å²) < 4.78 is 1.75. The molecule has 0 radical (unpaired) electrons. The van der Waals surface area contributed by atoms with Gasteiger partial charge in [-0.3, -0.25) is 4.79 Å². The van der Waals surface area contributed by atoms with Crippen molar-refractivity contribution in [1.82, 2.24) is 19.9 Å². The lowest BCUT2D eigenvalue weighted by molar-refractivity contribution is 0.254. The number of urea groups is 1. The summed E-state index contributed by atoms with van der Waals surface area (Å²) in [5.74, 6) is 0.144. The Bertz CT molecular complexity index is 1160. The highest BCUT2D eigenvalue weighted by Gasteiger charge is 2.10. The number of nitrogen functional groups attached to an aromatic ring is 1. The van der Waals surface area contributed by atoms with Crippen LogP contribution in [0.1, 0.15) is 12.8 Å². The number of allylic oxidation sites excluding steroid dienone is 3. The molecule has 2 heterocycles. The van der Waals surface area contributed by atoms with E-state index in [9.17, 15) is 9.59 Å². The standard InChI is InChI=1S/C20H18N6O2/c21-18-17-16(27)10-11-26(19(17)23-12-22-18)15-8-6-14(7-9-15)25-20(28)24-13-4-2-1-3-5-13/h2,4-12H,1,3H2,(H2,21,22,23)(H2,24,25,28). The van der Waals surface area contributed by atoms with E-state index in [2.05, 4.69) is 20.6 Å². The van der Waals surface area contributed by atoms with E-state index in [-0.39, 0.29) is 22.7 Å². The lowest BCUT2D eigenvalue weighted by Crippen LogP contribution is -2.27. The zero-order valence-electron chi connectivity index (χ0n) is 14.9. The third-order valence-corrected chi connectivity index (χ3v) is 4.36. The maximum Gasteiger partial charge on any atom is 0.323 e. The van der Waals surface area contributed by atoms with Crippen LogP contribution >= 0.6 is 0 Å². The number of pyridine rings is 1. The lowest BCUT2D eigenvalue weighted by atomic mass is 10.1. The van der Waals surface area contributed by atoms with Crippen molar-refractivity contribution >= 4 is 28.6 Å². The van der Waals surface area contributed by atoms with Gasteiger partial charge in [-0.05, 0) is 43.2 Å². The van der Waals surface area contributed by atoms with Crippen molar-refractivity contribution < 1.29 is 4.79 Å². The molecule has 8 nitrogen and oxygen atoms in total. The van der Waals surface area contributed by atoms with Crippen LogP contribution in [0.2, 0.25) is 0 Å². The predicted molar refractivity (Wildman–Crippen MR) is 108 cm³/mol. The monoisotopic (exact) mass is 374 g/mol. The van der Waals surface area contributed by atoms with Crippen molar-refractivity contribution in [3.05, 3.63) is 77.0 Å². The molecular weight excluding hydrogens is 356 g/mol. The molecule has 1 aromatic carbocycles. The smallest absolute Gasteiger partial charge is 0.323 e. The second kappa shape index (κ2) is 7.36. The molecule has 8 heteroatoms. The highest BCUT2D eigenvalue weighted by atomic mass is 16.2. The number of fused-ring (bicyclic) bond motifs is 1. The number of carbonyl (C=O) groups is 1. The highest BCUT2D eigenvalue weighted by molar-refractivity contribution is 5.91. The molecule has 2 amide bonds. The highest BCUT2D eigenvalue weighted by Crippen LogP contribution is 2.19. The number of hydrogen-bond donors (Lipinski definition) is 3. The number of nitrogens with one attached hydrogen (secondary N) is 2. The third kappa shape index (κ3) is 3.48. The summed E-state index contributed by atoms with van der Waals surface area (Å²) in [5, 5.41) is 5.88. The van der Waals surface area contributed by atoms with Gasteiger partial charge in [-0.1, -0.05) is 12.2 Å². The molecule has 140 valence electrons. The number of nitrogens with zero attached hydrogens (tertiary/aromatic N) is 3. The van der Waals surface area contributed by atoms with Crippen LogP contribution in [0.15, 0.2) is 71.6 Å². The van der Waals surface area contributed by atoms with Gasteiger partial charge in [0.25, 0.3) is 0 Å². The zero-order chi connectivity index (χ0) is 19.5. The molecule has 0 bridgehead atoms. The molecule has 0 fully saturated rings. The molecule has 0 saturated carbocycles. The quantitative estimate of drug-likeness (QED) is 0.652. The first-order valence-electron chi connectivity index (χ1n) is 8.79. The number of rotatable bonds is 3. The number of carbonyl (C=O) groups excluding carboxylic acids is 1. The maximum absolute atomic E-state index is 12.1.